The van der Waals surface area contributed by atoms with E-state index >= 15 is 0 Å². The summed E-state index contributed by atoms with van der Waals surface area (Å²) in [6, 6.07) is 9.36. The van der Waals surface area contributed by atoms with Crippen molar-refractivity contribution in [2.24, 2.45) is 0 Å². The smallest absolute Gasteiger partial charge is 0.194 e. The van der Waals surface area contributed by atoms with Gasteiger partial charge in [0.05, 0.1) is 0 Å². The minimum absolute atomic E-state index is 0.0102. The third-order valence-electron chi connectivity index (χ3n) is 4.73. The number of benzene rings is 2. The number of carbonyl (C=O) groups is 2. The molecule has 1 aliphatic carbocycles. The van der Waals surface area contributed by atoms with E-state index in [2.05, 4.69) is 26.8 Å². The maximum Gasteiger partial charge on any atom is 0.194 e. The molecule has 0 unspecified atom stereocenters. The van der Waals surface area contributed by atoms with Gasteiger partial charge in [0.25, 0.3) is 0 Å². The number of hydrogen-bond donors (Lipinski definition) is 0. The number of aryl methyl sites for hydroxylation is 2. The van der Waals surface area contributed by atoms with Crippen molar-refractivity contribution in [1.29, 1.82) is 0 Å². The van der Waals surface area contributed by atoms with Gasteiger partial charge in [-0.05, 0) is 36.0 Å². The summed E-state index contributed by atoms with van der Waals surface area (Å²) in [5.74, 6) is 0.0238. The molecule has 0 bridgehead atoms. The molecule has 118 valence electrons. The van der Waals surface area contributed by atoms with Crippen LogP contribution in [0.2, 0.25) is 0 Å². The van der Waals surface area contributed by atoms with Crippen LogP contribution in [0.15, 0.2) is 30.3 Å². The van der Waals surface area contributed by atoms with E-state index in [1.54, 1.807) is 12.1 Å². The fraction of sp³-hybridized carbons (Fsp3) is 0.333. The van der Waals surface area contributed by atoms with Gasteiger partial charge in [-0.3, -0.25) is 9.59 Å². The fourth-order valence-corrected chi connectivity index (χ4v) is 3.69. The molecule has 0 radical (unpaired) electrons. The van der Waals surface area contributed by atoms with Gasteiger partial charge < -0.3 is 0 Å². The van der Waals surface area contributed by atoms with Crippen LogP contribution in [0, 0.1) is 0 Å². The molecule has 1 aliphatic rings. The summed E-state index contributed by atoms with van der Waals surface area (Å²) in [6.07, 6.45) is 3.46. The van der Waals surface area contributed by atoms with Crippen LogP contribution in [0.4, 0.5) is 0 Å². The molecule has 0 saturated carbocycles. The van der Waals surface area contributed by atoms with E-state index in [9.17, 15) is 9.59 Å². The van der Waals surface area contributed by atoms with Crippen LogP contribution in [-0.2, 0) is 19.3 Å². The lowest BCUT2D eigenvalue weighted by molar-refractivity contribution is 0.0977. The van der Waals surface area contributed by atoms with Crippen molar-refractivity contribution < 1.29 is 9.59 Å². The molecule has 3 rings (SSSR count). The first-order valence-corrected chi connectivity index (χ1v) is 8.49. The van der Waals surface area contributed by atoms with E-state index in [1.165, 1.54) is 5.56 Å². The molecule has 0 aromatic heterocycles. The monoisotopic (exact) mass is 306 g/mol. The Bertz CT molecular complexity index is 800. The van der Waals surface area contributed by atoms with Crippen molar-refractivity contribution in [3.63, 3.8) is 0 Å². The molecule has 0 spiro atoms. The molecule has 0 atom stereocenters. The number of carbonyl (C=O) groups excluding carboxylic acids is 2. The average Bonchev–Trinajstić information content (AvgIpc) is 2.58. The van der Waals surface area contributed by atoms with E-state index in [4.69, 9.17) is 0 Å². The van der Waals surface area contributed by atoms with Gasteiger partial charge in [-0.25, -0.2) is 0 Å². The zero-order valence-corrected chi connectivity index (χ0v) is 14.0. The highest BCUT2D eigenvalue weighted by Crippen LogP contribution is 2.34. The number of fused-ring (bicyclic) bond motifs is 2. The summed E-state index contributed by atoms with van der Waals surface area (Å²) >= 11 is 0. The van der Waals surface area contributed by atoms with E-state index in [-0.39, 0.29) is 11.6 Å². The molecule has 0 N–H and O–H groups in total. The normalized spacial score (nSPS) is 13.0. The zero-order chi connectivity index (χ0) is 16.6. The lowest BCUT2D eigenvalue weighted by Gasteiger charge is -2.24. The maximum absolute atomic E-state index is 13.1. The van der Waals surface area contributed by atoms with Crippen LogP contribution in [-0.4, -0.2) is 11.6 Å². The molecule has 0 aliphatic heterocycles. The lowest BCUT2D eigenvalue weighted by Crippen LogP contribution is -2.25. The van der Waals surface area contributed by atoms with Crippen LogP contribution in [0.1, 0.15) is 75.7 Å². The Hall–Kier alpha value is -2.22. The SMILES string of the molecule is CCCc1cc(CC)c(CC)c2c1C(=O)c1ccccc1C2=O. The van der Waals surface area contributed by atoms with Crippen LogP contribution in [0.5, 0.6) is 0 Å². The quantitative estimate of drug-likeness (QED) is 0.709. The first-order chi connectivity index (χ1) is 11.1. The molecule has 2 aromatic carbocycles. The molecule has 0 amide bonds. The highest BCUT2D eigenvalue weighted by Gasteiger charge is 2.33. The fourth-order valence-electron chi connectivity index (χ4n) is 3.69. The topological polar surface area (TPSA) is 34.1 Å². The van der Waals surface area contributed by atoms with Crippen molar-refractivity contribution in [2.75, 3.05) is 0 Å². The standard InChI is InChI=1S/C21H22O2/c1-4-9-14-12-13(5-2)15(6-3)19-18(14)20(22)16-10-7-8-11-17(16)21(19)23/h7-8,10-12H,4-6,9H2,1-3H3. The molecule has 0 saturated heterocycles. The Labute approximate surface area is 137 Å². The summed E-state index contributed by atoms with van der Waals surface area (Å²) < 4.78 is 0. The minimum atomic E-state index is 0.0102. The highest BCUT2D eigenvalue weighted by atomic mass is 16.1. The van der Waals surface area contributed by atoms with Gasteiger partial charge in [0.1, 0.15) is 0 Å². The van der Waals surface area contributed by atoms with Crippen LogP contribution in [0.25, 0.3) is 0 Å². The summed E-state index contributed by atoms with van der Waals surface area (Å²) in [4.78, 5) is 26.2. The summed E-state index contributed by atoms with van der Waals surface area (Å²) in [5, 5.41) is 0. The second-order valence-electron chi connectivity index (χ2n) is 6.08. The average molecular weight is 306 g/mol. The molecule has 0 fully saturated rings. The largest absolute Gasteiger partial charge is 0.289 e. The van der Waals surface area contributed by atoms with Crippen LogP contribution < -0.4 is 0 Å². The van der Waals surface area contributed by atoms with Gasteiger partial charge in [-0.15, -0.1) is 0 Å². The second kappa shape index (κ2) is 6.11. The van der Waals surface area contributed by atoms with Gasteiger partial charge in [-0.1, -0.05) is 57.5 Å². The minimum Gasteiger partial charge on any atom is -0.289 e. The Morgan fingerprint density at radius 1 is 0.783 bits per heavy atom. The molecular weight excluding hydrogens is 284 g/mol. The van der Waals surface area contributed by atoms with Crippen LogP contribution in [0.3, 0.4) is 0 Å². The van der Waals surface area contributed by atoms with Crippen molar-refractivity contribution in [2.45, 2.75) is 46.5 Å². The Balaban J connectivity index is 2.37. The van der Waals surface area contributed by atoms with Gasteiger partial charge in [0.15, 0.2) is 11.6 Å². The summed E-state index contributed by atoms with van der Waals surface area (Å²) in [7, 11) is 0. The van der Waals surface area contributed by atoms with E-state index < -0.39 is 0 Å². The second-order valence-corrected chi connectivity index (χ2v) is 6.08. The third kappa shape index (κ3) is 2.33. The van der Waals surface area contributed by atoms with Gasteiger partial charge in [0.2, 0.25) is 0 Å². The highest BCUT2D eigenvalue weighted by molar-refractivity contribution is 6.29. The predicted molar refractivity (Wildman–Crippen MR) is 92.5 cm³/mol. The van der Waals surface area contributed by atoms with Crippen molar-refractivity contribution in [1.82, 2.24) is 0 Å². The molecule has 2 nitrogen and oxygen atoms in total. The van der Waals surface area contributed by atoms with Gasteiger partial charge in [0, 0.05) is 22.3 Å². The molecule has 2 heteroatoms. The first kappa shape index (κ1) is 15.7. The van der Waals surface area contributed by atoms with E-state index in [0.717, 1.165) is 36.8 Å². The molecule has 0 heterocycles. The third-order valence-corrected chi connectivity index (χ3v) is 4.73. The Kier molecular flexibility index (Phi) is 4.16. The van der Waals surface area contributed by atoms with E-state index in [0.29, 0.717) is 22.3 Å². The Morgan fingerprint density at radius 2 is 1.39 bits per heavy atom. The first-order valence-electron chi connectivity index (χ1n) is 8.49. The van der Waals surface area contributed by atoms with Gasteiger partial charge >= 0.3 is 0 Å². The number of rotatable bonds is 4. The Morgan fingerprint density at radius 3 is 1.91 bits per heavy atom. The lowest BCUT2D eigenvalue weighted by atomic mass is 9.76. The molecular formula is C21H22O2. The van der Waals surface area contributed by atoms with Crippen molar-refractivity contribution in [3.8, 4) is 0 Å². The maximum atomic E-state index is 13.1. The predicted octanol–water partition coefficient (Wildman–Crippen LogP) is 4.54. The van der Waals surface area contributed by atoms with Crippen molar-refractivity contribution >= 4 is 11.6 Å². The van der Waals surface area contributed by atoms with Crippen LogP contribution >= 0.6 is 0 Å². The zero-order valence-electron chi connectivity index (χ0n) is 14.0. The van der Waals surface area contributed by atoms with E-state index in [1.807, 2.05) is 12.1 Å². The van der Waals surface area contributed by atoms with Crippen molar-refractivity contribution in [3.05, 3.63) is 69.3 Å². The summed E-state index contributed by atoms with van der Waals surface area (Å²) in [5.41, 5.74) is 5.71. The van der Waals surface area contributed by atoms with Gasteiger partial charge in [-0.2, -0.15) is 0 Å². The molecule has 2 aromatic rings. The summed E-state index contributed by atoms with van der Waals surface area (Å²) in [6.45, 7) is 6.28. The number of ketones is 2. The molecule has 23 heavy (non-hydrogen) atoms. The number of hydrogen-bond acceptors (Lipinski definition) is 2.